The number of hydrogen-bond acceptors (Lipinski definition) is 5. The second-order valence-corrected chi connectivity index (χ2v) is 7.74. The lowest BCUT2D eigenvalue weighted by Gasteiger charge is -2.41. The average Bonchev–Trinajstić information content (AvgIpc) is 3.07. The molecule has 156 valence electrons. The van der Waals surface area contributed by atoms with Crippen LogP contribution in [0.3, 0.4) is 0 Å². The van der Waals surface area contributed by atoms with Crippen molar-refractivity contribution in [1.82, 2.24) is 10.2 Å². The molecular formula is C22H23N3O5. The molecule has 0 aliphatic heterocycles. The summed E-state index contributed by atoms with van der Waals surface area (Å²) >= 11 is 0. The summed E-state index contributed by atoms with van der Waals surface area (Å²) in [6.07, 6.45) is 0.111. The number of nitrogens with one attached hydrogen (secondary N) is 3. The second-order valence-electron chi connectivity index (χ2n) is 7.74. The second kappa shape index (κ2) is 7.38. The van der Waals surface area contributed by atoms with Crippen molar-refractivity contribution in [2.24, 2.45) is 5.92 Å². The van der Waals surface area contributed by atoms with E-state index in [1.54, 1.807) is 43.3 Å². The first kappa shape index (κ1) is 19.8. The van der Waals surface area contributed by atoms with Gasteiger partial charge in [-0.2, -0.15) is 0 Å². The number of rotatable bonds is 4. The van der Waals surface area contributed by atoms with Gasteiger partial charge in [-0.15, -0.1) is 0 Å². The molecule has 8 heteroatoms. The molecule has 1 aliphatic rings. The van der Waals surface area contributed by atoms with Crippen molar-refractivity contribution in [3.63, 3.8) is 0 Å². The van der Waals surface area contributed by atoms with E-state index in [0.717, 1.165) is 0 Å². The molecule has 1 heterocycles. The maximum Gasteiger partial charge on any atom is 0.267 e. The fourth-order valence-electron chi connectivity index (χ4n) is 4.30. The first-order valence-electron chi connectivity index (χ1n) is 9.56. The van der Waals surface area contributed by atoms with Crippen LogP contribution in [0.1, 0.15) is 29.7 Å². The zero-order valence-electron chi connectivity index (χ0n) is 16.6. The molecule has 2 aromatic carbocycles. The number of carbonyl (C=O) groups excluding carboxylic acids is 1. The molecule has 0 unspecified atom stereocenters. The van der Waals surface area contributed by atoms with Gasteiger partial charge in [-0.25, -0.2) is 0 Å². The standard InChI is InChI=1S/C22H23N3O5/c1-22(29)11-15-18(20(27)25-24-15)17(12-7-9-13(26)10-8-12)19(22)21(28)23-14-5-3-4-6-16(14)30-2/h3-10,17,19,26,29H,11H2,1-2H3,(H,23,28)(H2,24,25,27)/t17-,19+,22-/m1/s1. The van der Waals surface area contributed by atoms with Crippen molar-refractivity contribution in [2.75, 3.05) is 12.4 Å². The van der Waals surface area contributed by atoms with Gasteiger partial charge in [-0.3, -0.25) is 14.7 Å². The van der Waals surface area contributed by atoms with Crippen LogP contribution >= 0.6 is 0 Å². The smallest absolute Gasteiger partial charge is 0.267 e. The van der Waals surface area contributed by atoms with Crippen LogP contribution in [0.4, 0.5) is 5.69 Å². The van der Waals surface area contributed by atoms with Crippen LogP contribution < -0.4 is 15.6 Å². The number of phenols is 1. The van der Waals surface area contributed by atoms with E-state index < -0.39 is 23.3 Å². The molecule has 1 aromatic heterocycles. The molecule has 1 aliphatic carbocycles. The minimum atomic E-state index is -1.44. The van der Waals surface area contributed by atoms with Gasteiger partial charge in [0.2, 0.25) is 5.91 Å². The number of aromatic amines is 2. The van der Waals surface area contributed by atoms with Crippen LogP contribution in [0.2, 0.25) is 0 Å². The van der Waals surface area contributed by atoms with Crippen molar-refractivity contribution in [3.8, 4) is 11.5 Å². The molecule has 3 atom stereocenters. The molecule has 0 bridgehead atoms. The summed E-state index contributed by atoms with van der Waals surface area (Å²) in [7, 11) is 1.51. The third-order valence-electron chi connectivity index (χ3n) is 5.65. The molecule has 1 amide bonds. The van der Waals surface area contributed by atoms with Gasteiger partial charge < -0.3 is 25.4 Å². The number of aromatic hydroxyl groups is 1. The zero-order chi connectivity index (χ0) is 21.5. The lowest BCUT2D eigenvalue weighted by molar-refractivity contribution is -0.130. The summed E-state index contributed by atoms with van der Waals surface area (Å²) in [5.74, 6) is -1.55. The van der Waals surface area contributed by atoms with Crippen LogP contribution in [-0.4, -0.2) is 39.0 Å². The predicted molar refractivity (Wildman–Crippen MR) is 111 cm³/mol. The van der Waals surface area contributed by atoms with Gasteiger partial charge in [0, 0.05) is 23.6 Å². The predicted octanol–water partition coefficient (Wildman–Crippen LogP) is 2.11. The van der Waals surface area contributed by atoms with Gasteiger partial charge in [-0.05, 0) is 36.8 Å². The lowest BCUT2D eigenvalue weighted by atomic mass is 9.66. The molecule has 30 heavy (non-hydrogen) atoms. The number of phenolic OH excluding ortho intramolecular Hbond substituents is 1. The monoisotopic (exact) mass is 409 g/mol. The fourth-order valence-corrected chi connectivity index (χ4v) is 4.30. The van der Waals surface area contributed by atoms with Crippen LogP contribution in [0.5, 0.6) is 11.5 Å². The summed E-state index contributed by atoms with van der Waals surface area (Å²) in [5, 5.41) is 29.2. The molecule has 5 N–H and O–H groups in total. The van der Waals surface area contributed by atoms with E-state index in [2.05, 4.69) is 15.5 Å². The van der Waals surface area contributed by atoms with Crippen LogP contribution in [-0.2, 0) is 11.2 Å². The minimum absolute atomic E-state index is 0.0690. The van der Waals surface area contributed by atoms with Gasteiger partial charge in [0.25, 0.3) is 5.56 Å². The zero-order valence-corrected chi connectivity index (χ0v) is 16.6. The highest BCUT2D eigenvalue weighted by Crippen LogP contribution is 2.44. The number of ether oxygens (including phenoxy) is 1. The van der Waals surface area contributed by atoms with Gasteiger partial charge in [0.15, 0.2) is 0 Å². The molecule has 0 spiro atoms. The molecular weight excluding hydrogens is 386 g/mol. The Morgan fingerprint density at radius 3 is 2.57 bits per heavy atom. The third kappa shape index (κ3) is 3.35. The number of aromatic nitrogens is 2. The quantitative estimate of drug-likeness (QED) is 0.451. The summed E-state index contributed by atoms with van der Waals surface area (Å²) in [6.45, 7) is 1.58. The maximum absolute atomic E-state index is 13.4. The number of carbonyl (C=O) groups is 1. The number of methoxy groups -OCH3 is 1. The molecule has 4 rings (SSSR count). The summed E-state index contributed by atoms with van der Waals surface area (Å²) in [5.41, 5.74) is 0.302. The molecule has 8 nitrogen and oxygen atoms in total. The highest BCUT2D eigenvalue weighted by Gasteiger charge is 2.50. The SMILES string of the molecule is COc1ccccc1NC(=O)[C@@H]1[C@H](c2ccc(O)cc2)c2c([nH][nH]c2=O)C[C@@]1(C)O. The summed E-state index contributed by atoms with van der Waals surface area (Å²) in [6, 6.07) is 13.3. The van der Waals surface area contributed by atoms with Crippen molar-refractivity contribution in [3.05, 3.63) is 75.7 Å². The van der Waals surface area contributed by atoms with E-state index in [-0.39, 0.29) is 17.7 Å². The highest BCUT2D eigenvalue weighted by molar-refractivity contribution is 5.96. The molecule has 0 radical (unpaired) electrons. The van der Waals surface area contributed by atoms with E-state index in [1.807, 2.05) is 0 Å². The van der Waals surface area contributed by atoms with Gasteiger partial charge >= 0.3 is 0 Å². The molecule has 0 saturated carbocycles. The Morgan fingerprint density at radius 1 is 1.17 bits per heavy atom. The number of amides is 1. The molecule has 0 saturated heterocycles. The summed E-state index contributed by atoms with van der Waals surface area (Å²) in [4.78, 5) is 26.0. The highest BCUT2D eigenvalue weighted by atomic mass is 16.5. The Kier molecular flexibility index (Phi) is 4.87. The Labute approximate surface area is 172 Å². The third-order valence-corrected chi connectivity index (χ3v) is 5.65. The maximum atomic E-state index is 13.4. The number of H-pyrrole nitrogens is 2. The van der Waals surface area contributed by atoms with E-state index in [0.29, 0.717) is 28.3 Å². The minimum Gasteiger partial charge on any atom is -0.508 e. The first-order valence-corrected chi connectivity index (χ1v) is 9.56. The van der Waals surface area contributed by atoms with Crippen molar-refractivity contribution < 1.29 is 19.7 Å². The first-order chi connectivity index (χ1) is 14.3. The van der Waals surface area contributed by atoms with E-state index in [4.69, 9.17) is 4.74 Å². The molecule has 0 fully saturated rings. The van der Waals surface area contributed by atoms with Crippen molar-refractivity contribution in [2.45, 2.75) is 24.9 Å². The number of benzene rings is 2. The number of hydrogen-bond donors (Lipinski definition) is 5. The lowest BCUT2D eigenvalue weighted by Crippen LogP contribution is -2.51. The van der Waals surface area contributed by atoms with E-state index in [1.165, 1.54) is 19.2 Å². The van der Waals surface area contributed by atoms with Gasteiger partial charge in [-0.1, -0.05) is 24.3 Å². The fraction of sp³-hybridized carbons (Fsp3) is 0.273. The average molecular weight is 409 g/mol. The molecule has 3 aromatic rings. The Morgan fingerprint density at radius 2 is 1.87 bits per heavy atom. The number of anilines is 1. The Hall–Kier alpha value is -3.52. The van der Waals surface area contributed by atoms with E-state index in [9.17, 15) is 19.8 Å². The van der Waals surface area contributed by atoms with Gasteiger partial charge in [0.1, 0.15) is 11.5 Å². The van der Waals surface area contributed by atoms with E-state index >= 15 is 0 Å². The number of aliphatic hydroxyl groups is 1. The number of fused-ring (bicyclic) bond motifs is 1. The van der Waals surface area contributed by atoms with Crippen LogP contribution in [0, 0.1) is 5.92 Å². The van der Waals surface area contributed by atoms with Crippen molar-refractivity contribution in [1.29, 1.82) is 0 Å². The largest absolute Gasteiger partial charge is 0.508 e. The summed E-state index contributed by atoms with van der Waals surface area (Å²) < 4.78 is 5.31. The van der Waals surface area contributed by atoms with Crippen LogP contribution in [0.25, 0.3) is 0 Å². The Balaban J connectivity index is 1.82. The van der Waals surface area contributed by atoms with Crippen molar-refractivity contribution >= 4 is 11.6 Å². The topological polar surface area (TPSA) is 127 Å². The Bertz CT molecular complexity index is 1130. The number of para-hydroxylation sites is 2. The normalized spacial score (nSPS) is 22.9. The van der Waals surface area contributed by atoms with Crippen LogP contribution in [0.15, 0.2) is 53.3 Å². The van der Waals surface area contributed by atoms with Gasteiger partial charge in [0.05, 0.1) is 24.3 Å².